The van der Waals surface area contributed by atoms with Crippen LogP contribution >= 0.6 is 27.3 Å². The van der Waals surface area contributed by atoms with Crippen LogP contribution < -0.4 is 9.64 Å². The Hall–Kier alpha value is -2.51. The zero-order valence-electron chi connectivity index (χ0n) is 14.2. The van der Waals surface area contributed by atoms with Gasteiger partial charge < -0.3 is 4.74 Å². The first-order valence-corrected chi connectivity index (χ1v) is 9.37. The van der Waals surface area contributed by atoms with Crippen LogP contribution in [0, 0.1) is 0 Å². The number of rotatable bonds is 5. The highest BCUT2D eigenvalue weighted by atomic mass is 79.9. The van der Waals surface area contributed by atoms with Gasteiger partial charge in [-0.2, -0.15) is 0 Å². The molecule has 0 unspecified atom stereocenters. The summed E-state index contributed by atoms with van der Waals surface area (Å²) in [5.41, 5.74) is 1.88. The Bertz CT molecular complexity index is 921. The average molecular weight is 430 g/mol. The molecule has 0 radical (unpaired) electrons. The van der Waals surface area contributed by atoms with E-state index >= 15 is 0 Å². The molecule has 1 amide bonds. The van der Waals surface area contributed by atoms with Crippen LogP contribution in [-0.2, 0) is 4.79 Å². The second-order valence-corrected chi connectivity index (χ2v) is 7.27. The molecule has 26 heavy (non-hydrogen) atoms. The second kappa shape index (κ2) is 8.25. The van der Waals surface area contributed by atoms with Gasteiger partial charge in [-0.3, -0.25) is 9.69 Å². The van der Waals surface area contributed by atoms with E-state index in [0.717, 1.165) is 26.4 Å². The minimum Gasteiger partial charge on any atom is -0.497 e. The van der Waals surface area contributed by atoms with Crippen LogP contribution in [0.15, 0.2) is 59.1 Å². The quantitative estimate of drug-likeness (QED) is 0.553. The maximum atomic E-state index is 12.4. The maximum absolute atomic E-state index is 12.4. The van der Waals surface area contributed by atoms with Gasteiger partial charge in [-0.15, -0.1) is 10.2 Å². The van der Waals surface area contributed by atoms with E-state index < -0.39 is 0 Å². The Morgan fingerprint density at radius 3 is 2.46 bits per heavy atom. The molecule has 0 aliphatic heterocycles. The third kappa shape index (κ3) is 4.36. The van der Waals surface area contributed by atoms with Gasteiger partial charge in [-0.1, -0.05) is 51.5 Å². The first-order chi connectivity index (χ1) is 12.6. The van der Waals surface area contributed by atoms with Crippen LogP contribution in [0.2, 0.25) is 0 Å². The van der Waals surface area contributed by atoms with Crippen molar-refractivity contribution in [3.8, 4) is 16.3 Å². The van der Waals surface area contributed by atoms with Crippen LogP contribution in [0.1, 0.15) is 5.56 Å². The number of hydrogen-bond donors (Lipinski definition) is 0. The standard InChI is InChI=1S/C19H16BrN3O2S/c1-23(17(24)12-5-13-3-10-16(25-2)11-4-13)19-22-21-18(26-19)14-6-8-15(20)9-7-14/h3-12H,1-2H3/b12-5+. The van der Waals surface area contributed by atoms with Crippen LogP contribution in [-0.4, -0.2) is 30.3 Å². The molecule has 3 rings (SSSR count). The van der Waals surface area contributed by atoms with E-state index in [4.69, 9.17) is 4.74 Å². The fourth-order valence-electron chi connectivity index (χ4n) is 2.15. The highest BCUT2D eigenvalue weighted by Crippen LogP contribution is 2.29. The molecule has 0 bridgehead atoms. The fraction of sp³-hybridized carbons (Fsp3) is 0.105. The number of hydrogen-bond acceptors (Lipinski definition) is 5. The molecular formula is C19H16BrN3O2S. The predicted molar refractivity (Wildman–Crippen MR) is 108 cm³/mol. The Morgan fingerprint density at radius 2 is 1.81 bits per heavy atom. The molecule has 0 N–H and O–H groups in total. The largest absolute Gasteiger partial charge is 0.497 e. The van der Waals surface area contributed by atoms with Crippen LogP contribution in [0.3, 0.4) is 0 Å². The number of likely N-dealkylation sites (N-methyl/N-ethyl adjacent to an activating group) is 1. The van der Waals surface area contributed by atoms with E-state index in [2.05, 4.69) is 26.1 Å². The normalized spacial score (nSPS) is 10.9. The number of amides is 1. The molecule has 2 aromatic carbocycles. The Morgan fingerprint density at radius 1 is 1.12 bits per heavy atom. The molecule has 3 aromatic rings. The van der Waals surface area contributed by atoms with Crippen molar-refractivity contribution in [1.82, 2.24) is 10.2 Å². The number of carbonyl (C=O) groups is 1. The zero-order chi connectivity index (χ0) is 18.5. The first kappa shape index (κ1) is 18.3. The second-order valence-electron chi connectivity index (χ2n) is 5.40. The van der Waals surface area contributed by atoms with Crippen molar-refractivity contribution < 1.29 is 9.53 Å². The van der Waals surface area contributed by atoms with Gasteiger partial charge in [0.25, 0.3) is 5.91 Å². The van der Waals surface area contributed by atoms with Gasteiger partial charge in [0, 0.05) is 23.2 Å². The number of benzene rings is 2. The van der Waals surface area contributed by atoms with Crippen molar-refractivity contribution in [1.29, 1.82) is 0 Å². The zero-order valence-corrected chi connectivity index (χ0v) is 16.6. The molecule has 132 valence electrons. The lowest BCUT2D eigenvalue weighted by Gasteiger charge is -2.09. The number of carbonyl (C=O) groups excluding carboxylic acids is 1. The fourth-order valence-corrected chi connectivity index (χ4v) is 3.23. The molecule has 0 aliphatic rings. The van der Waals surface area contributed by atoms with Crippen LogP contribution in [0.4, 0.5) is 5.13 Å². The highest BCUT2D eigenvalue weighted by Gasteiger charge is 2.14. The van der Waals surface area contributed by atoms with E-state index in [1.807, 2.05) is 48.5 Å². The van der Waals surface area contributed by atoms with E-state index in [0.29, 0.717) is 5.13 Å². The molecule has 0 saturated carbocycles. The summed E-state index contributed by atoms with van der Waals surface area (Å²) in [7, 11) is 3.31. The predicted octanol–water partition coefficient (Wildman–Crippen LogP) is 4.65. The summed E-state index contributed by atoms with van der Waals surface area (Å²) in [5.74, 6) is 0.610. The van der Waals surface area contributed by atoms with Crippen molar-refractivity contribution in [2.45, 2.75) is 0 Å². The molecule has 0 fully saturated rings. The van der Waals surface area contributed by atoms with E-state index in [-0.39, 0.29) is 5.91 Å². The molecular weight excluding hydrogens is 414 g/mol. The van der Waals surface area contributed by atoms with Gasteiger partial charge in [-0.25, -0.2) is 0 Å². The van der Waals surface area contributed by atoms with Gasteiger partial charge >= 0.3 is 0 Å². The molecule has 0 spiro atoms. The minimum absolute atomic E-state index is 0.167. The summed E-state index contributed by atoms with van der Waals surface area (Å²) >= 11 is 4.78. The first-order valence-electron chi connectivity index (χ1n) is 7.76. The van der Waals surface area contributed by atoms with Gasteiger partial charge in [0.05, 0.1) is 7.11 Å². The van der Waals surface area contributed by atoms with Crippen molar-refractivity contribution in [3.63, 3.8) is 0 Å². The minimum atomic E-state index is -0.167. The topological polar surface area (TPSA) is 55.3 Å². The number of anilines is 1. The summed E-state index contributed by atoms with van der Waals surface area (Å²) in [5, 5.41) is 9.62. The van der Waals surface area contributed by atoms with Gasteiger partial charge in [0.15, 0.2) is 0 Å². The lowest BCUT2D eigenvalue weighted by atomic mass is 10.2. The highest BCUT2D eigenvalue weighted by molar-refractivity contribution is 9.10. The van der Waals surface area contributed by atoms with Crippen molar-refractivity contribution in [2.75, 3.05) is 19.1 Å². The number of ether oxygens (including phenoxy) is 1. The Kier molecular flexibility index (Phi) is 5.80. The lowest BCUT2D eigenvalue weighted by molar-refractivity contribution is -0.113. The summed E-state index contributed by atoms with van der Waals surface area (Å²) in [6.45, 7) is 0. The van der Waals surface area contributed by atoms with Gasteiger partial charge in [0.2, 0.25) is 5.13 Å². The van der Waals surface area contributed by atoms with Crippen LogP contribution in [0.25, 0.3) is 16.6 Å². The summed E-state index contributed by atoms with van der Waals surface area (Å²) < 4.78 is 6.12. The number of methoxy groups -OCH3 is 1. The van der Waals surface area contributed by atoms with Crippen molar-refractivity contribution in [3.05, 3.63) is 64.6 Å². The average Bonchev–Trinajstić information content (AvgIpc) is 3.16. The monoisotopic (exact) mass is 429 g/mol. The summed E-state index contributed by atoms with van der Waals surface area (Å²) in [6.07, 6.45) is 3.28. The van der Waals surface area contributed by atoms with Gasteiger partial charge in [-0.05, 0) is 35.9 Å². The summed E-state index contributed by atoms with van der Waals surface area (Å²) in [6, 6.07) is 15.3. The molecule has 1 aromatic heterocycles. The van der Waals surface area contributed by atoms with Crippen molar-refractivity contribution >= 4 is 44.4 Å². The van der Waals surface area contributed by atoms with Crippen molar-refractivity contribution in [2.24, 2.45) is 0 Å². The van der Waals surface area contributed by atoms with Gasteiger partial charge in [0.1, 0.15) is 10.8 Å². The Labute approximate surface area is 164 Å². The van der Waals surface area contributed by atoms with E-state index in [1.54, 1.807) is 20.2 Å². The molecule has 7 heteroatoms. The van der Waals surface area contributed by atoms with E-state index in [1.165, 1.54) is 22.3 Å². The summed E-state index contributed by atoms with van der Waals surface area (Å²) in [4.78, 5) is 13.9. The van der Waals surface area contributed by atoms with Crippen LogP contribution in [0.5, 0.6) is 5.75 Å². The third-order valence-corrected chi connectivity index (χ3v) is 5.23. The maximum Gasteiger partial charge on any atom is 0.252 e. The molecule has 5 nitrogen and oxygen atoms in total. The molecule has 0 saturated heterocycles. The number of halogens is 1. The van der Waals surface area contributed by atoms with E-state index in [9.17, 15) is 4.79 Å². The number of nitrogens with zero attached hydrogens (tertiary/aromatic N) is 3. The molecule has 1 heterocycles. The molecule has 0 aliphatic carbocycles. The smallest absolute Gasteiger partial charge is 0.252 e. The number of aromatic nitrogens is 2. The molecule has 0 atom stereocenters. The Balaban J connectivity index is 1.70. The third-order valence-electron chi connectivity index (χ3n) is 3.66. The lowest BCUT2D eigenvalue weighted by Crippen LogP contribution is -2.23. The SMILES string of the molecule is COc1ccc(/C=C/C(=O)N(C)c2nnc(-c3ccc(Br)cc3)s2)cc1.